The number of ether oxygens (including phenoxy) is 1. The van der Waals surface area contributed by atoms with Crippen LogP contribution >= 0.6 is 23.2 Å². The van der Waals surface area contributed by atoms with Crippen LogP contribution in [0.2, 0.25) is 10.0 Å². The van der Waals surface area contributed by atoms with Gasteiger partial charge in [-0.25, -0.2) is 4.90 Å². The van der Waals surface area contributed by atoms with Gasteiger partial charge in [0.25, 0.3) is 17.5 Å². The molecule has 0 spiro atoms. The summed E-state index contributed by atoms with van der Waals surface area (Å²) in [5.74, 6) is -1.23. The Morgan fingerprint density at radius 2 is 1.78 bits per heavy atom. The molecule has 0 aromatic heterocycles. The van der Waals surface area contributed by atoms with Gasteiger partial charge in [-0.3, -0.25) is 24.5 Å². The van der Waals surface area contributed by atoms with Crippen LogP contribution in [0.5, 0.6) is 5.75 Å². The van der Waals surface area contributed by atoms with E-state index in [9.17, 15) is 24.5 Å². The van der Waals surface area contributed by atoms with Gasteiger partial charge in [-0.05, 0) is 48.0 Å². The average Bonchev–Trinajstić information content (AvgIpc) is 3.16. The number of nitro benzene ring substituents is 1. The fourth-order valence-electron chi connectivity index (χ4n) is 3.95. The second kappa shape index (κ2) is 10.3. The van der Waals surface area contributed by atoms with Crippen molar-refractivity contribution in [1.82, 2.24) is 4.90 Å². The van der Waals surface area contributed by atoms with Gasteiger partial charge in [0.2, 0.25) is 5.91 Å². The maximum Gasteiger partial charge on any atom is 0.288 e. The summed E-state index contributed by atoms with van der Waals surface area (Å²) in [6.45, 7) is -0.102. The Morgan fingerprint density at radius 1 is 1.08 bits per heavy atom. The highest BCUT2D eigenvalue weighted by molar-refractivity contribution is 6.33. The molecule has 0 radical (unpaired) electrons. The van der Waals surface area contributed by atoms with Gasteiger partial charge in [-0.15, -0.1) is 0 Å². The third kappa shape index (κ3) is 4.89. The van der Waals surface area contributed by atoms with Crippen LogP contribution in [0, 0.1) is 10.1 Å². The van der Waals surface area contributed by atoms with Gasteiger partial charge in [0, 0.05) is 23.2 Å². The van der Waals surface area contributed by atoms with Crippen molar-refractivity contribution < 1.29 is 24.0 Å². The molecule has 3 amide bonds. The maximum atomic E-state index is 13.6. The van der Waals surface area contributed by atoms with Crippen LogP contribution in [0.25, 0.3) is 0 Å². The van der Waals surface area contributed by atoms with Crippen molar-refractivity contribution in [2.24, 2.45) is 0 Å². The number of hydrogen-bond acceptors (Lipinski definition) is 6. The molecule has 9 nitrogen and oxygen atoms in total. The summed E-state index contributed by atoms with van der Waals surface area (Å²) in [4.78, 5) is 52.9. The molecule has 11 heteroatoms. The van der Waals surface area contributed by atoms with Crippen molar-refractivity contribution in [3.63, 3.8) is 0 Å². The molecule has 4 rings (SSSR count). The predicted octanol–water partition coefficient (Wildman–Crippen LogP) is 4.88. The van der Waals surface area contributed by atoms with Crippen molar-refractivity contribution >= 4 is 52.3 Å². The fraction of sp³-hybridized carbons (Fsp3) is 0.160. The molecular weight excluding hydrogens is 509 g/mol. The number of benzene rings is 3. The SMILES string of the molecule is COc1ccc(N2C(=O)CC(N(Cc3ccccc3Cl)C(=O)c3ccc(Cl)c([N+](=O)[O-])c3)C2=O)cc1. The van der Waals surface area contributed by atoms with E-state index in [4.69, 9.17) is 27.9 Å². The first-order chi connectivity index (χ1) is 17.2. The van der Waals surface area contributed by atoms with Gasteiger partial charge >= 0.3 is 0 Å². The monoisotopic (exact) mass is 527 g/mol. The molecule has 1 fully saturated rings. The van der Waals surface area contributed by atoms with Gasteiger partial charge < -0.3 is 9.64 Å². The molecule has 1 aliphatic rings. The summed E-state index contributed by atoms with van der Waals surface area (Å²) in [7, 11) is 1.50. The third-order valence-corrected chi connectivity index (χ3v) is 6.47. The standard InChI is InChI=1S/C25H19Cl2N3O6/c1-36-18-9-7-17(8-10-18)29-23(31)13-22(25(29)33)28(14-16-4-2-3-5-19(16)26)24(32)15-6-11-20(27)21(12-15)30(34)35/h2-12,22H,13-14H2,1H3. The van der Waals surface area contributed by atoms with Crippen molar-refractivity contribution in [3.05, 3.63) is 98.0 Å². The molecule has 1 heterocycles. The normalized spacial score (nSPS) is 15.2. The van der Waals surface area contributed by atoms with Crippen LogP contribution in [-0.2, 0) is 16.1 Å². The number of hydrogen-bond donors (Lipinski definition) is 0. The molecule has 1 aliphatic heterocycles. The first kappa shape index (κ1) is 25.2. The maximum absolute atomic E-state index is 13.6. The summed E-state index contributed by atoms with van der Waals surface area (Å²) in [5, 5.41) is 11.6. The first-order valence-electron chi connectivity index (χ1n) is 10.7. The number of amides is 3. The van der Waals surface area contributed by atoms with Crippen molar-refractivity contribution in [2.45, 2.75) is 19.0 Å². The molecule has 1 unspecified atom stereocenters. The van der Waals surface area contributed by atoms with Crippen LogP contribution in [0.4, 0.5) is 11.4 Å². The van der Waals surface area contributed by atoms with E-state index < -0.39 is 34.4 Å². The minimum absolute atomic E-state index is 0.0544. The lowest BCUT2D eigenvalue weighted by atomic mass is 10.1. The van der Waals surface area contributed by atoms with Crippen LogP contribution in [0.1, 0.15) is 22.3 Å². The zero-order valence-electron chi connectivity index (χ0n) is 18.9. The molecular formula is C25H19Cl2N3O6. The highest BCUT2D eigenvalue weighted by Crippen LogP contribution is 2.31. The van der Waals surface area contributed by atoms with Crippen molar-refractivity contribution in [2.75, 3.05) is 12.0 Å². The summed E-state index contributed by atoms with van der Waals surface area (Å²) < 4.78 is 5.13. The number of imide groups is 1. The number of rotatable bonds is 7. The van der Waals surface area contributed by atoms with E-state index in [0.29, 0.717) is 22.0 Å². The lowest BCUT2D eigenvalue weighted by Crippen LogP contribution is -2.45. The zero-order chi connectivity index (χ0) is 26.0. The van der Waals surface area contributed by atoms with Gasteiger partial charge in [0.05, 0.1) is 24.1 Å². The quantitative estimate of drug-likeness (QED) is 0.246. The van der Waals surface area contributed by atoms with Gasteiger partial charge in [-0.1, -0.05) is 41.4 Å². The Bertz CT molecular complexity index is 1360. The van der Waals surface area contributed by atoms with E-state index in [-0.39, 0.29) is 23.6 Å². The topological polar surface area (TPSA) is 110 Å². The Morgan fingerprint density at radius 3 is 2.42 bits per heavy atom. The average molecular weight is 528 g/mol. The summed E-state index contributed by atoms with van der Waals surface area (Å²) in [6.07, 6.45) is -0.267. The summed E-state index contributed by atoms with van der Waals surface area (Å²) >= 11 is 12.2. The zero-order valence-corrected chi connectivity index (χ0v) is 20.4. The van der Waals surface area contributed by atoms with Crippen LogP contribution in [0.3, 0.4) is 0 Å². The number of nitro groups is 1. The molecule has 3 aromatic rings. The lowest BCUT2D eigenvalue weighted by Gasteiger charge is -2.28. The Hall–Kier alpha value is -3.95. The third-order valence-electron chi connectivity index (χ3n) is 5.78. The highest BCUT2D eigenvalue weighted by Gasteiger charge is 2.44. The van der Waals surface area contributed by atoms with E-state index in [2.05, 4.69) is 0 Å². The van der Waals surface area contributed by atoms with Crippen molar-refractivity contribution in [1.29, 1.82) is 0 Å². The Kier molecular flexibility index (Phi) is 7.23. The summed E-state index contributed by atoms with van der Waals surface area (Å²) in [6, 6.07) is 15.6. The van der Waals surface area contributed by atoms with Crippen LogP contribution < -0.4 is 9.64 Å². The number of nitrogens with zero attached hydrogens (tertiary/aromatic N) is 3. The number of anilines is 1. The Balaban J connectivity index is 1.73. The number of carbonyl (C=O) groups is 3. The lowest BCUT2D eigenvalue weighted by molar-refractivity contribution is -0.384. The van der Waals surface area contributed by atoms with Crippen molar-refractivity contribution in [3.8, 4) is 5.75 Å². The minimum atomic E-state index is -1.15. The van der Waals surface area contributed by atoms with Gasteiger partial charge in [-0.2, -0.15) is 0 Å². The minimum Gasteiger partial charge on any atom is -0.497 e. The largest absolute Gasteiger partial charge is 0.497 e. The molecule has 36 heavy (non-hydrogen) atoms. The van der Waals surface area contributed by atoms with E-state index >= 15 is 0 Å². The molecule has 1 saturated heterocycles. The van der Waals surface area contributed by atoms with E-state index in [0.717, 1.165) is 11.0 Å². The Labute approximate surface area is 215 Å². The molecule has 3 aromatic carbocycles. The number of carbonyl (C=O) groups excluding carboxylic acids is 3. The second-order valence-electron chi connectivity index (χ2n) is 7.93. The molecule has 1 atom stereocenters. The predicted molar refractivity (Wildman–Crippen MR) is 133 cm³/mol. The molecule has 0 N–H and O–H groups in total. The smallest absolute Gasteiger partial charge is 0.288 e. The number of methoxy groups -OCH3 is 1. The molecule has 184 valence electrons. The number of halogens is 2. The van der Waals surface area contributed by atoms with Crippen LogP contribution in [0.15, 0.2) is 66.7 Å². The van der Waals surface area contributed by atoms with E-state index in [1.54, 1.807) is 48.5 Å². The molecule has 0 bridgehead atoms. The van der Waals surface area contributed by atoms with E-state index in [1.165, 1.54) is 24.1 Å². The van der Waals surface area contributed by atoms with Gasteiger partial charge in [0.15, 0.2) is 0 Å². The molecule has 0 aliphatic carbocycles. The van der Waals surface area contributed by atoms with Crippen LogP contribution in [-0.4, -0.2) is 40.7 Å². The summed E-state index contributed by atoms with van der Waals surface area (Å²) in [5.41, 5.74) is 0.370. The second-order valence-corrected chi connectivity index (χ2v) is 8.75. The van der Waals surface area contributed by atoms with E-state index in [1.807, 2.05) is 0 Å². The first-order valence-corrected chi connectivity index (χ1v) is 11.5. The molecule has 0 saturated carbocycles. The highest BCUT2D eigenvalue weighted by atomic mass is 35.5. The van der Waals surface area contributed by atoms with Gasteiger partial charge in [0.1, 0.15) is 16.8 Å². The fourth-order valence-corrected chi connectivity index (χ4v) is 4.33.